The molecule has 18 heavy (non-hydrogen) atoms. The molecule has 1 N–H and O–H groups in total. The number of halogens is 3. The predicted molar refractivity (Wildman–Crippen MR) is 70.0 cm³/mol. The molecule has 0 aliphatic heterocycles. The highest BCUT2D eigenvalue weighted by Crippen LogP contribution is 2.37. The summed E-state index contributed by atoms with van der Waals surface area (Å²) in [7, 11) is 0. The summed E-state index contributed by atoms with van der Waals surface area (Å²) >= 11 is 16.9. The number of aliphatic hydroxyl groups excluding tert-OH is 1. The van der Waals surface area contributed by atoms with E-state index >= 15 is 0 Å². The Kier molecular flexibility index (Phi) is 5.95. The van der Waals surface area contributed by atoms with E-state index < -0.39 is 11.0 Å². The third kappa shape index (κ3) is 4.17. The summed E-state index contributed by atoms with van der Waals surface area (Å²) in [6, 6.07) is 2.47. The lowest BCUT2D eigenvalue weighted by Gasteiger charge is -2.12. The summed E-state index contributed by atoms with van der Waals surface area (Å²) in [6.45, 7) is -0.130. The van der Waals surface area contributed by atoms with Crippen molar-refractivity contribution >= 4 is 40.5 Å². The third-order valence-electron chi connectivity index (χ3n) is 2.05. The number of rotatable bonds is 6. The van der Waals surface area contributed by atoms with Crippen LogP contribution in [0.2, 0.25) is 10.0 Å². The van der Waals surface area contributed by atoms with Gasteiger partial charge in [-0.05, 0) is 12.5 Å². The minimum atomic E-state index is -0.811. The first-order valence-corrected chi connectivity index (χ1v) is 6.25. The van der Waals surface area contributed by atoms with Gasteiger partial charge in [-0.3, -0.25) is 10.1 Å². The van der Waals surface area contributed by atoms with E-state index in [2.05, 4.69) is 0 Å². The molecular weight excluding hydrogens is 304 g/mol. The smallest absolute Gasteiger partial charge is 0.314 e. The molecule has 1 rings (SSSR count). The van der Waals surface area contributed by atoms with Crippen LogP contribution in [0.4, 0.5) is 5.69 Å². The van der Waals surface area contributed by atoms with Crippen LogP contribution in [-0.4, -0.2) is 28.6 Å². The molecule has 0 aliphatic carbocycles. The zero-order chi connectivity index (χ0) is 13.7. The molecule has 0 heterocycles. The highest BCUT2D eigenvalue weighted by Gasteiger charge is 2.21. The molecule has 0 saturated heterocycles. The molecule has 0 aromatic heterocycles. The molecular formula is C10H10Cl3NO4. The second kappa shape index (κ2) is 6.99. The molecule has 0 aliphatic rings. The Morgan fingerprint density at radius 2 is 2.11 bits per heavy atom. The highest BCUT2D eigenvalue weighted by atomic mass is 35.5. The first-order valence-electron chi connectivity index (χ1n) is 4.96. The number of aliphatic hydroxyl groups is 1. The van der Waals surface area contributed by atoms with E-state index in [1.165, 1.54) is 6.07 Å². The van der Waals surface area contributed by atoms with E-state index in [1.807, 2.05) is 0 Å². The third-order valence-corrected chi connectivity index (χ3v) is 2.77. The fraction of sp³-hybridized carbons (Fsp3) is 0.400. The van der Waals surface area contributed by atoms with Crippen LogP contribution < -0.4 is 4.74 Å². The maximum atomic E-state index is 10.8. The molecule has 0 amide bonds. The number of benzene rings is 1. The van der Waals surface area contributed by atoms with Crippen molar-refractivity contribution in [3.05, 3.63) is 32.3 Å². The largest absolute Gasteiger partial charge is 0.483 e. The number of nitrogens with zero attached hydrogens (tertiary/aromatic N) is 1. The van der Waals surface area contributed by atoms with Crippen LogP contribution in [0.15, 0.2) is 12.1 Å². The average molecular weight is 315 g/mol. The minimum absolute atomic E-state index is 0.0206. The summed E-state index contributed by atoms with van der Waals surface area (Å²) in [6.07, 6.45) is -0.491. The maximum Gasteiger partial charge on any atom is 0.314 e. The predicted octanol–water partition coefficient (Wildman–Crippen LogP) is 3.27. The van der Waals surface area contributed by atoms with E-state index in [0.717, 1.165) is 6.07 Å². The fourth-order valence-corrected chi connectivity index (χ4v) is 2.00. The monoisotopic (exact) mass is 313 g/mol. The second-order valence-electron chi connectivity index (χ2n) is 3.44. The lowest BCUT2D eigenvalue weighted by atomic mass is 10.3. The van der Waals surface area contributed by atoms with Crippen molar-refractivity contribution in [3.8, 4) is 5.75 Å². The van der Waals surface area contributed by atoms with Crippen LogP contribution in [0.5, 0.6) is 5.75 Å². The summed E-state index contributed by atoms with van der Waals surface area (Å²) in [5, 5.41) is 20.4. The number of nitro groups is 1. The fourth-order valence-electron chi connectivity index (χ4n) is 1.21. The van der Waals surface area contributed by atoms with Crippen LogP contribution in [0.1, 0.15) is 6.42 Å². The summed E-state index contributed by atoms with van der Waals surface area (Å²) in [5.41, 5.74) is -0.342. The molecule has 0 fully saturated rings. The number of ether oxygens (including phenoxy) is 1. The van der Waals surface area contributed by atoms with Gasteiger partial charge in [0.25, 0.3) is 0 Å². The molecule has 1 aromatic rings. The Bertz CT molecular complexity index is 441. The second-order valence-corrected chi connectivity index (χ2v) is 4.66. The molecule has 1 atom stereocenters. The van der Waals surface area contributed by atoms with Gasteiger partial charge in [-0.15, -0.1) is 11.6 Å². The molecule has 100 valence electrons. The van der Waals surface area contributed by atoms with Crippen molar-refractivity contribution in [2.45, 2.75) is 12.5 Å². The minimum Gasteiger partial charge on any atom is -0.483 e. The van der Waals surface area contributed by atoms with E-state index in [0.29, 0.717) is 6.42 Å². The number of nitro benzene ring substituents is 1. The highest BCUT2D eigenvalue weighted by molar-refractivity contribution is 6.36. The quantitative estimate of drug-likeness (QED) is 0.497. The number of hydrogen-bond acceptors (Lipinski definition) is 4. The van der Waals surface area contributed by atoms with Crippen molar-refractivity contribution in [1.82, 2.24) is 0 Å². The summed E-state index contributed by atoms with van der Waals surface area (Å²) in [4.78, 5) is 10.2. The maximum absolute atomic E-state index is 10.8. The first-order chi connectivity index (χ1) is 8.45. The average Bonchev–Trinajstić information content (AvgIpc) is 2.27. The van der Waals surface area contributed by atoms with Crippen LogP contribution in [0.3, 0.4) is 0 Å². The normalized spacial score (nSPS) is 12.2. The standard InChI is InChI=1S/C10H10Cl3NO4/c11-2-1-7(15)5-18-10-8(13)3-6(12)4-9(10)14(16)17/h3-4,7,15H,1-2,5H2. The number of hydrogen-bond donors (Lipinski definition) is 1. The van der Waals surface area contributed by atoms with Gasteiger partial charge in [0.1, 0.15) is 6.61 Å². The van der Waals surface area contributed by atoms with Crippen LogP contribution in [0.25, 0.3) is 0 Å². The van der Waals surface area contributed by atoms with Gasteiger partial charge >= 0.3 is 5.69 Å². The van der Waals surface area contributed by atoms with Gasteiger partial charge in [0.05, 0.1) is 16.0 Å². The van der Waals surface area contributed by atoms with Crippen LogP contribution >= 0.6 is 34.8 Å². The van der Waals surface area contributed by atoms with Crippen molar-refractivity contribution in [2.24, 2.45) is 0 Å². The Hall–Kier alpha value is -0.750. The van der Waals surface area contributed by atoms with Gasteiger partial charge in [0.2, 0.25) is 5.75 Å². The Morgan fingerprint density at radius 3 is 2.67 bits per heavy atom. The molecule has 0 bridgehead atoms. The summed E-state index contributed by atoms with van der Waals surface area (Å²) < 4.78 is 5.16. The Labute approximate surface area is 118 Å². The van der Waals surface area contributed by atoms with Crippen LogP contribution in [0, 0.1) is 10.1 Å². The number of alkyl halides is 1. The van der Waals surface area contributed by atoms with E-state index in [1.54, 1.807) is 0 Å². The van der Waals surface area contributed by atoms with Gasteiger partial charge in [-0.2, -0.15) is 0 Å². The van der Waals surface area contributed by atoms with Gasteiger partial charge in [0.15, 0.2) is 0 Å². The van der Waals surface area contributed by atoms with Gasteiger partial charge < -0.3 is 9.84 Å². The van der Waals surface area contributed by atoms with Crippen molar-refractivity contribution in [3.63, 3.8) is 0 Å². The zero-order valence-electron chi connectivity index (χ0n) is 9.11. The molecule has 8 heteroatoms. The van der Waals surface area contributed by atoms with Gasteiger partial charge in [-0.1, -0.05) is 23.2 Å². The molecule has 1 aromatic carbocycles. The zero-order valence-corrected chi connectivity index (χ0v) is 11.4. The topological polar surface area (TPSA) is 72.6 Å². The molecule has 0 spiro atoms. The van der Waals surface area contributed by atoms with Crippen molar-refractivity contribution in [1.29, 1.82) is 0 Å². The van der Waals surface area contributed by atoms with E-state index in [4.69, 9.17) is 39.5 Å². The molecule has 5 nitrogen and oxygen atoms in total. The lowest BCUT2D eigenvalue weighted by molar-refractivity contribution is -0.385. The van der Waals surface area contributed by atoms with E-state index in [9.17, 15) is 15.2 Å². The molecule has 0 radical (unpaired) electrons. The first kappa shape index (κ1) is 15.3. The Morgan fingerprint density at radius 1 is 1.44 bits per heavy atom. The SMILES string of the molecule is O=[N+]([O-])c1cc(Cl)cc(Cl)c1OCC(O)CCCl. The molecule has 0 saturated carbocycles. The van der Waals surface area contributed by atoms with Crippen LogP contribution in [-0.2, 0) is 0 Å². The Balaban J connectivity index is 2.90. The van der Waals surface area contributed by atoms with Gasteiger partial charge in [-0.25, -0.2) is 0 Å². The lowest BCUT2D eigenvalue weighted by Crippen LogP contribution is -2.18. The van der Waals surface area contributed by atoms with Gasteiger partial charge in [0, 0.05) is 17.0 Å². The van der Waals surface area contributed by atoms with Crippen molar-refractivity contribution in [2.75, 3.05) is 12.5 Å². The van der Waals surface area contributed by atoms with E-state index in [-0.39, 0.29) is 34.0 Å². The summed E-state index contributed by atoms with van der Waals surface area (Å²) in [5.74, 6) is 0.153. The van der Waals surface area contributed by atoms with Crippen molar-refractivity contribution < 1.29 is 14.8 Å². The molecule has 1 unspecified atom stereocenters.